The standard InChI is InChI=1S/C30H23N3O7S/c1-38-26-12-5-4-11-25(26)32-41(36,37)21-8-6-7-20(16-21)33-29(34)23-10-3-2-9-22(23)24(30(33)35)17-31-19-13-14-27-28(15-19)40-18-39-27/h2-17,32,35H,18H2,1H3. The Kier molecular flexibility index (Phi) is 6.56. The summed E-state index contributed by atoms with van der Waals surface area (Å²) in [7, 11) is -2.64. The minimum Gasteiger partial charge on any atom is -0.495 e. The highest BCUT2D eigenvalue weighted by Crippen LogP contribution is 2.36. The molecule has 2 heterocycles. The number of nitrogens with one attached hydrogen (secondary N) is 1. The normalized spacial score (nSPS) is 12.6. The summed E-state index contributed by atoms with van der Waals surface area (Å²) in [6.07, 6.45) is 1.45. The van der Waals surface area contributed by atoms with Gasteiger partial charge in [-0.3, -0.25) is 14.5 Å². The quantitative estimate of drug-likeness (QED) is 0.265. The summed E-state index contributed by atoms with van der Waals surface area (Å²) in [5.41, 5.74) is 0.710. The molecule has 11 heteroatoms. The van der Waals surface area contributed by atoms with Crippen LogP contribution in [-0.2, 0) is 10.0 Å². The molecule has 1 aliphatic rings. The number of benzene rings is 4. The molecule has 0 saturated carbocycles. The van der Waals surface area contributed by atoms with Gasteiger partial charge in [-0.05, 0) is 48.5 Å². The molecular weight excluding hydrogens is 546 g/mol. The average molecular weight is 570 g/mol. The number of ether oxygens (including phenoxy) is 3. The molecule has 0 spiro atoms. The van der Waals surface area contributed by atoms with E-state index in [0.29, 0.717) is 33.7 Å². The van der Waals surface area contributed by atoms with Crippen molar-refractivity contribution in [3.8, 4) is 28.8 Å². The molecule has 0 atom stereocenters. The molecule has 1 aliphatic heterocycles. The Morgan fingerprint density at radius 3 is 2.51 bits per heavy atom. The summed E-state index contributed by atoms with van der Waals surface area (Å²) in [6.45, 7) is 0.127. The Morgan fingerprint density at radius 1 is 0.927 bits per heavy atom. The number of aliphatic imine (C=N–C) groups is 1. The van der Waals surface area contributed by atoms with Crippen molar-refractivity contribution in [2.75, 3.05) is 18.6 Å². The number of fused-ring (bicyclic) bond motifs is 2. The predicted octanol–water partition coefficient (Wildman–Crippen LogP) is 4.99. The van der Waals surface area contributed by atoms with Crippen molar-refractivity contribution in [2.24, 2.45) is 4.99 Å². The van der Waals surface area contributed by atoms with Crippen LogP contribution in [0.25, 0.3) is 16.5 Å². The van der Waals surface area contributed by atoms with Gasteiger partial charge >= 0.3 is 0 Å². The molecule has 0 aliphatic carbocycles. The summed E-state index contributed by atoms with van der Waals surface area (Å²) in [6, 6.07) is 24.3. The monoisotopic (exact) mass is 569 g/mol. The minimum absolute atomic E-state index is 0.115. The number of hydrogen-bond donors (Lipinski definition) is 2. The fourth-order valence-corrected chi connectivity index (χ4v) is 5.67. The maximum Gasteiger partial charge on any atom is 0.265 e. The van der Waals surface area contributed by atoms with Crippen LogP contribution in [0.4, 0.5) is 11.4 Å². The summed E-state index contributed by atoms with van der Waals surface area (Å²) in [5, 5.41) is 12.2. The minimum atomic E-state index is -4.08. The lowest BCUT2D eigenvalue weighted by molar-refractivity contribution is 0.174. The lowest BCUT2D eigenvalue weighted by Gasteiger charge is -2.15. The highest BCUT2D eigenvalue weighted by Gasteiger charge is 2.21. The van der Waals surface area contributed by atoms with E-state index in [9.17, 15) is 18.3 Å². The summed E-state index contributed by atoms with van der Waals surface area (Å²) in [5.74, 6) is 1.12. The van der Waals surface area contributed by atoms with Crippen molar-refractivity contribution in [3.05, 3.63) is 107 Å². The Hall–Kier alpha value is -5.29. The first-order valence-electron chi connectivity index (χ1n) is 12.4. The molecule has 0 radical (unpaired) electrons. The number of sulfonamides is 1. The lowest BCUT2D eigenvalue weighted by atomic mass is 10.1. The van der Waals surface area contributed by atoms with Gasteiger partial charge in [-0.2, -0.15) is 0 Å². The van der Waals surface area contributed by atoms with Crippen LogP contribution in [-0.4, -0.2) is 38.2 Å². The number of methoxy groups -OCH3 is 1. The van der Waals surface area contributed by atoms with Gasteiger partial charge in [0.1, 0.15) is 5.75 Å². The van der Waals surface area contributed by atoms with Crippen molar-refractivity contribution in [2.45, 2.75) is 4.90 Å². The number of rotatable bonds is 7. The molecule has 6 rings (SSSR count). The van der Waals surface area contributed by atoms with E-state index in [1.807, 2.05) is 0 Å². The zero-order valence-electron chi connectivity index (χ0n) is 21.6. The number of aromatic hydroxyl groups is 1. The van der Waals surface area contributed by atoms with Crippen molar-refractivity contribution >= 4 is 38.4 Å². The van der Waals surface area contributed by atoms with Gasteiger partial charge in [0.25, 0.3) is 15.6 Å². The van der Waals surface area contributed by atoms with Crippen molar-refractivity contribution in [3.63, 3.8) is 0 Å². The smallest absolute Gasteiger partial charge is 0.265 e. The molecule has 4 aromatic carbocycles. The molecule has 0 unspecified atom stereocenters. The molecule has 2 N–H and O–H groups in total. The van der Waals surface area contributed by atoms with E-state index in [-0.39, 0.29) is 28.6 Å². The molecule has 206 valence electrons. The van der Waals surface area contributed by atoms with Crippen LogP contribution < -0.4 is 24.5 Å². The van der Waals surface area contributed by atoms with Crippen LogP contribution in [0.1, 0.15) is 5.56 Å². The van der Waals surface area contributed by atoms with Gasteiger partial charge in [0.2, 0.25) is 12.7 Å². The maximum atomic E-state index is 13.6. The molecule has 5 aromatic rings. The van der Waals surface area contributed by atoms with E-state index < -0.39 is 21.5 Å². The van der Waals surface area contributed by atoms with E-state index in [1.165, 1.54) is 37.6 Å². The largest absolute Gasteiger partial charge is 0.495 e. The summed E-state index contributed by atoms with van der Waals surface area (Å²) >= 11 is 0. The van der Waals surface area contributed by atoms with E-state index >= 15 is 0 Å². The average Bonchev–Trinajstić information content (AvgIpc) is 3.46. The third kappa shape index (κ3) is 4.83. The first-order valence-corrected chi connectivity index (χ1v) is 13.9. The number of aromatic nitrogens is 1. The van der Waals surface area contributed by atoms with Crippen molar-refractivity contribution in [1.82, 2.24) is 4.57 Å². The van der Waals surface area contributed by atoms with Gasteiger partial charge in [0.15, 0.2) is 11.5 Å². The Balaban J connectivity index is 1.45. The Labute approximate surface area is 234 Å². The maximum absolute atomic E-state index is 13.6. The second kappa shape index (κ2) is 10.4. The lowest BCUT2D eigenvalue weighted by Crippen LogP contribution is -2.21. The summed E-state index contributed by atoms with van der Waals surface area (Å²) in [4.78, 5) is 18.0. The number of anilines is 1. The molecule has 10 nitrogen and oxygen atoms in total. The third-order valence-electron chi connectivity index (χ3n) is 6.54. The van der Waals surface area contributed by atoms with E-state index in [0.717, 1.165) is 4.57 Å². The molecule has 0 bridgehead atoms. The fourth-order valence-electron chi connectivity index (χ4n) is 4.56. The van der Waals surface area contributed by atoms with Crippen LogP contribution in [0.15, 0.2) is 106 Å². The third-order valence-corrected chi connectivity index (χ3v) is 7.90. The molecule has 0 amide bonds. The number of nitrogens with zero attached hydrogens (tertiary/aromatic N) is 2. The van der Waals surface area contributed by atoms with E-state index in [4.69, 9.17) is 14.2 Å². The molecule has 1 aromatic heterocycles. The first-order chi connectivity index (χ1) is 19.9. The highest BCUT2D eigenvalue weighted by atomic mass is 32.2. The van der Waals surface area contributed by atoms with Crippen molar-refractivity contribution < 1.29 is 27.7 Å². The predicted molar refractivity (Wildman–Crippen MR) is 155 cm³/mol. The van der Waals surface area contributed by atoms with Crippen molar-refractivity contribution in [1.29, 1.82) is 0 Å². The Morgan fingerprint density at radius 2 is 1.68 bits per heavy atom. The van der Waals surface area contributed by atoms with Crippen LogP contribution in [0.2, 0.25) is 0 Å². The molecule has 0 saturated heterocycles. The van der Waals surface area contributed by atoms with Gasteiger partial charge < -0.3 is 19.3 Å². The van der Waals surface area contributed by atoms with Crippen LogP contribution in [0.3, 0.4) is 0 Å². The van der Waals surface area contributed by atoms with Crippen LogP contribution in [0.5, 0.6) is 23.1 Å². The van der Waals surface area contributed by atoms with Crippen LogP contribution in [0, 0.1) is 0 Å². The second-order valence-electron chi connectivity index (χ2n) is 9.02. The Bertz CT molecular complexity index is 2000. The zero-order valence-corrected chi connectivity index (χ0v) is 22.5. The van der Waals surface area contributed by atoms with Gasteiger partial charge in [-0.1, -0.05) is 36.4 Å². The fraction of sp³-hybridized carbons (Fsp3) is 0.0667. The van der Waals surface area contributed by atoms with E-state index in [1.54, 1.807) is 66.7 Å². The SMILES string of the molecule is COc1ccccc1NS(=O)(=O)c1cccc(-n2c(O)c(C=Nc3ccc4c(c3)OCO4)c3ccccc3c2=O)c1. The molecule has 41 heavy (non-hydrogen) atoms. The van der Waals surface area contributed by atoms with Gasteiger partial charge in [-0.15, -0.1) is 0 Å². The molecule has 0 fully saturated rings. The number of hydrogen-bond acceptors (Lipinski definition) is 8. The summed E-state index contributed by atoms with van der Waals surface area (Å²) < 4.78 is 46.2. The number of pyridine rings is 1. The van der Waals surface area contributed by atoms with E-state index in [2.05, 4.69) is 9.71 Å². The number of para-hydroxylation sites is 2. The zero-order chi connectivity index (χ0) is 28.6. The first kappa shape index (κ1) is 26.0. The second-order valence-corrected chi connectivity index (χ2v) is 10.7. The van der Waals surface area contributed by atoms with Crippen LogP contribution >= 0.6 is 0 Å². The molecular formula is C30H23N3O7S. The topological polar surface area (TPSA) is 128 Å². The van der Waals surface area contributed by atoms with Gasteiger partial charge in [0, 0.05) is 23.1 Å². The highest BCUT2D eigenvalue weighted by molar-refractivity contribution is 7.92. The van der Waals surface area contributed by atoms with Gasteiger partial charge in [-0.25, -0.2) is 13.0 Å². The van der Waals surface area contributed by atoms with Gasteiger partial charge in [0.05, 0.1) is 34.6 Å².